The molecule has 0 N–H and O–H groups in total. The molecule has 0 aliphatic carbocycles. The summed E-state index contributed by atoms with van der Waals surface area (Å²) in [5.41, 5.74) is 0. The second-order valence-corrected chi connectivity index (χ2v) is 5.52. The first-order valence-electron chi connectivity index (χ1n) is 4.84. The summed E-state index contributed by atoms with van der Waals surface area (Å²) in [5.74, 6) is 0.0805. The molecule has 1 aliphatic rings. The van der Waals surface area contributed by atoms with Crippen molar-refractivity contribution < 1.29 is 4.79 Å². The first kappa shape index (κ1) is 11.4. The van der Waals surface area contributed by atoms with Crippen LogP contribution in [0.3, 0.4) is 0 Å². The van der Waals surface area contributed by atoms with Crippen LogP contribution in [-0.4, -0.2) is 28.7 Å². The Bertz CT molecular complexity index is 368. The van der Waals surface area contributed by atoms with Crippen LogP contribution in [0.1, 0.15) is 22.5 Å². The van der Waals surface area contributed by atoms with Crippen LogP contribution in [0.2, 0.25) is 5.02 Å². The lowest BCUT2D eigenvalue weighted by Gasteiger charge is -2.22. The van der Waals surface area contributed by atoms with Gasteiger partial charge in [-0.2, -0.15) is 0 Å². The van der Waals surface area contributed by atoms with Gasteiger partial charge in [-0.05, 0) is 24.3 Å². The van der Waals surface area contributed by atoms with Gasteiger partial charge in [0.05, 0.1) is 5.02 Å². The van der Waals surface area contributed by atoms with E-state index in [0.29, 0.717) is 15.9 Å². The molecule has 0 aromatic carbocycles. The van der Waals surface area contributed by atoms with Crippen LogP contribution in [0.5, 0.6) is 0 Å². The molecule has 1 fully saturated rings. The molecule has 1 aromatic heterocycles. The fourth-order valence-electron chi connectivity index (χ4n) is 1.84. The van der Waals surface area contributed by atoms with Crippen molar-refractivity contribution in [2.75, 3.05) is 11.9 Å². The largest absolute Gasteiger partial charge is 0.334 e. The molecule has 1 aromatic rings. The Morgan fingerprint density at radius 3 is 3.13 bits per heavy atom. The number of nitrogens with zero attached hydrogens (tertiary/aromatic N) is 1. The van der Waals surface area contributed by atoms with Gasteiger partial charge in [0.2, 0.25) is 0 Å². The standard InChI is InChI=1S/C10H11BrClNOS/c11-6-7-2-1-4-13(7)10(14)9-8(12)3-5-15-9/h3,5,7H,1-2,4,6H2. The summed E-state index contributed by atoms with van der Waals surface area (Å²) in [6.45, 7) is 0.851. The quantitative estimate of drug-likeness (QED) is 0.767. The molecule has 82 valence electrons. The lowest BCUT2D eigenvalue weighted by molar-refractivity contribution is 0.0755. The first-order chi connectivity index (χ1) is 7.24. The molecular formula is C10H11BrClNOS. The predicted octanol–water partition coefficient (Wildman–Crippen LogP) is 3.40. The van der Waals surface area contributed by atoms with Gasteiger partial charge >= 0.3 is 0 Å². The summed E-state index contributed by atoms with van der Waals surface area (Å²) in [5, 5.41) is 3.28. The summed E-state index contributed by atoms with van der Waals surface area (Å²) in [4.78, 5) is 14.7. The van der Waals surface area contributed by atoms with E-state index in [1.165, 1.54) is 11.3 Å². The van der Waals surface area contributed by atoms with E-state index in [1.54, 1.807) is 6.07 Å². The molecule has 2 rings (SSSR count). The number of halogens is 2. The summed E-state index contributed by atoms with van der Waals surface area (Å²) in [6, 6.07) is 2.11. The van der Waals surface area contributed by atoms with Gasteiger partial charge in [-0.3, -0.25) is 4.79 Å². The van der Waals surface area contributed by atoms with Crippen LogP contribution in [0.25, 0.3) is 0 Å². The number of rotatable bonds is 2. The molecule has 1 amide bonds. The van der Waals surface area contributed by atoms with E-state index in [4.69, 9.17) is 11.6 Å². The number of hydrogen-bond donors (Lipinski definition) is 0. The van der Waals surface area contributed by atoms with Crippen LogP contribution in [0.4, 0.5) is 0 Å². The Labute approximate surface area is 106 Å². The van der Waals surface area contributed by atoms with Gasteiger partial charge in [0.15, 0.2) is 0 Å². The maximum atomic E-state index is 12.1. The van der Waals surface area contributed by atoms with E-state index in [1.807, 2.05) is 10.3 Å². The second kappa shape index (κ2) is 4.85. The van der Waals surface area contributed by atoms with Crippen LogP contribution in [-0.2, 0) is 0 Å². The summed E-state index contributed by atoms with van der Waals surface area (Å²) in [7, 11) is 0. The SMILES string of the molecule is O=C(c1sccc1Cl)N1CCCC1CBr. The molecule has 2 heterocycles. The average Bonchev–Trinajstić information content (AvgIpc) is 2.84. The van der Waals surface area contributed by atoms with Gasteiger partial charge in [-0.1, -0.05) is 27.5 Å². The maximum Gasteiger partial charge on any atom is 0.265 e. The van der Waals surface area contributed by atoms with Crippen molar-refractivity contribution in [2.24, 2.45) is 0 Å². The van der Waals surface area contributed by atoms with Crippen molar-refractivity contribution in [2.45, 2.75) is 18.9 Å². The topological polar surface area (TPSA) is 20.3 Å². The van der Waals surface area contributed by atoms with Crippen molar-refractivity contribution in [3.05, 3.63) is 21.3 Å². The number of thiophene rings is 1. The first-order valence-corrected chi connectivity index (χ1v) is 7.22. The highest BCUT2D eigenvalue weighted by Crippen LogP contribution is 2.27. The number of hydrogen-bond acceptors (Lipinski definition) is 2. The van der Waals surface area contributed by atoms with Crippen molar-refractivity contribution >= 4 is 44.8 Å². The zero-order chi connectivity index (χ0) is 10.8. The minimum absolute atomic E-state index is 0.0805. The highest BCUT2D eigenvalue weighted by atomic mass is 79.9. The Morgan fingerprint density at radius 2 is 2.53 bits per heavy atom. The van der Waals surface area contributed by atoms with E-state index in [2.05, 4.69) is 15.9 Å². The van der Waals surface area contributed by atoms with E-state index in [-0.39, 0.29) is 5.91 Å². The van der Waals surface area contributed by atoms with Crippen LogP contribution < -0.4 is 0 Å². The maximum absolute atomic E-state index is 12.1. The Kier molecular flexibility index (Phi) is 3.69. The third-order valence-corrected chi connectivity index (χ3v) is 4.70. The molecule has 1 atom stereocenters. The third-order valence-electron chi connectivity index (χ3n) is 2.63. The lowest BCUT2D eigenvalue weighted by Crippen LogP contribution is -2.36. The van der Waals surface area contributed by atoms with Crippen LogP contribution in [0.15, 0.2) is 11.4 Å². The van der Waals surface area contributed by atoms with Gasteiger partial charge in [0.1, 0.15) is 4.88 Å². The van der Waals surface area contributed by atoms with Gasteiger partial charge in [0, 0.05) is 17.9 Å². The van der Waals surface area contributed by atoms with Crippen molar-refractivity contribution in [3.63, 3.8) is 0 Å². The van der Waals surface area contributed by atoms with E-state index in [9.17, 15) is 4.79 Å². The summed E-state index contributed by atoms with van der Waals surface area (Å²) in [6.07, 6.45) is 2.17. The van der Waals surface area contributed by atoms with Crippen LogP contribution >= 0.6 is 38.9 Å². The Morgan fingerprint density at radius 1 is 1.73 bits per heavy atom. The van der Waals surface area contributed by atoms with Crippen molar-refractivity contribution in [3.8, 4) is 0 Å². The minimum Gasteiger partial charge on any atom is -0.334 e. The number of carbonyl (C=O) groups excluding carboxylic acids is 1. The van der Waals surface area contributed by atoms with Crippen LogP contribution in [0, 0.1) is 0 Å². The lowest BCUT2D eigenvalue weighted by atomic mass is 10.2. The van der Waals surface area contributed by atoms with E-state index < -0.39 is 0 Å². The number of likely N-dealkylation sites (tertiary alicyclic amines) is 1. The highest BCUT2D eigenvalue weighted by Gasteiger charge is 2.29. The molecule has 0 bridgehead atoms. The predicted molar refractivity (Wildman–Crippen MR) is 67.2 cm³/mol. The Balaban J connectivity index is 2.18. The molecule has 1 saturated heterocycles. The Hall–Kier alpha value is -0.0600. The molecule has 15 heavy (non-hydrogen) atoms. The van der Waals surface area contributed by atoms with Crippen molar-refractivity contribution in [1.29, 1.82) is 0 Å². The summed E-state index contributed by atoms with van der Waals surface area (Å²) < 4.78 is 0. The second-order valence-electron chi connectivity index (χ2n) is 3.55. The third kappa shape index (κ3) is 2.22. The van der Waals surface area contributed by atoms with Crippen molar-refractivity contribution in [1.82, 2.24) is 4.90 Å². The fourth-order valence-corrected chi connectivity index (χ4v) is 3.60. The normalized spacial score (nSPS) is 20.9. The fraction of sp³-hybridized carbons (Fsp3) is 0.500. The molecule has 5 heteroatoms. The monoisotopic (exact) mass is 307 g/mol. The van der Waals surface area contributed by atoms with Gasteiger partial charge < -0.3 is 4.90 Å². The average molecular weight is 309 g/mol. The summed E-state index contributed by atoms with van der Waals surface area (Å²) >= 11 is 10.8. The minimum atomic E-state index is 0.0805. The van der Waals surface area contributed by atoms with Gasteiger partial charge in [-0.25, -0.2) is 0 Å². The molecule has 2 nitrogen and oxygen atoms in total. The molecular weight excluding hydrogens is 298 g/mol. The highest BCUT2D eigenvalue weighted by molar-refractivity contribution is 9.09. The molecule has 0 saturated carbocycles. The number of carbonyl (C=O) groups is 1. The smallest absolute Gasteiger partial charge is 0.265 e. The zero-order valence-electron chi connectivity index (χ0n) is 8.08. The number of alkyl halides is 1. The molecule has 0 spiro atoms. The van der Waals surface area contributed by atoms with Gasteiger partial charge in [0.25, 0.3) is 5.91 Å². The van der Waals surface area contributed by atoms with Gasteiger partial charge in [-0.15, -0.1) is 11.3 Å². The number of amides is 1. The molecule has 1 aliphatic heterocycles. The van der Waals surface area contributed by atoms with E-state index >= 15 is 0 Å². The molecule has 1 unspecified atom stereocenters. The van der Waals surface area contributed by atoms with E-state index in [0.717, 1.165) is 24.7 Å². The zero-order valence-corrected chi connectivity index (χ0v) is 11.2. The molecule has 0 radical (unpaired) electrons.